The van der Waals surface area contributed by atoms with Gasteiger partial charge in [-0.2, -0.15) is 0 Å². The smallest absolute Gasteiger partial charge is 0.119 e. The van der Waals surface area contributed by atoms with Crippen molar-refractivity contribution in [3.05, 3.63) is 72.3 Å². The Hall–Kier alpha value is -2.02. The molecule has 0 N–H and O–H groups in total. The molecule has 1 heteroatoms. The van der Waals surface area contributed by atoms with E-state index in [0.717, 1.165) is 35.5 Å². The number of benzene rings is 2. The van der Waals surface area contributed by atoms with E-state index in [2.05, 4.69) is 37.8 Å². The van der Waals surface area contributed by atoms with Crippen LogP contribution in [-0.4, -0.2) is 6.61 Å². The second-order valence-electron chi connectivity index (χ2n) is 4.92. The van der Waals surface area contributed by atoms with Crippen LogP contribution in [0.1, 0.15) is 37.3 Å². The molecule has 2 aromatic rings. The van der Waals surface area contributed by atoms with Gasteiger partial charge < -0.3 is 4.74 Å². The van der Waals surface area contributed by atoms with Crippen LogP contribution in [0, 0.1) is 0 Å². The van der Waals surface area contributed by atoms with Crippen LogP contribution in [0.4, 0.5) is 0 Å². The molecule has 0 aliphatic heterocycles. The number of hydrogen-bond acceptors (Lipinski definition) is 1. The zero-order chi connectivity index (χ0) is 14.2. The molecular weight excluding hydrogens is 244 g/mol. The first-order valence-electron chi connectivity index (χ1n) is 7.29. The zero-order valence-electron chi connectivity index (χ0n) is 12.1. The second kappa shape index (κ2) is 7.54. The average molecular weight is 266 g/mol. The van der Waals surface area contributed by atoms with E-state index in [-0.39, 0.29) is 0 Å². The normalized spacial score (nSPS) is 10.2. The highest BCUT2D eigenvalue weighted by molar-refractivity contribution is 5.78. The predicted octanol–water partition coefficient (Wildman–Crippen LogP) is 5.32. The SMILES string of the molecule is C=C(c1ccccc1)c1ccc(OCCCCC)cc1. The van der Waals surface area contributed by atoms with Crippen LogP contribution >= 0.6 is 0 Å². The van der Waals surface area contributed by atoms with Gasteiger partial charge in [-0.05, 0) is 35.3 Å². The Morgan fingerprint density at radius 2 is 1.55 bits per heavy atom. The number of rotatable bonds is 7. The van der Waals surface area contributed by atoms with Crippen molar-refractivity contribution in [1.82, 2.24) is 0 Å². The Morgan fingerprint density at radius 1 is 0.900 bits per heavy atom. The van der Waals surface area contributed by atoms with Crippen LogP contribution in [0.2, 0.25) is 0 Å². The van der Waals surface area contributed by atoms with Crippen LogP contribution in [0.3, 0.4) is 0 Å². The first-order valence-corrected chi connectivity index (χ1v) is 7.29. The summed E-state index contributed by atoms with van der Waals surface area (Å²) in [6.45, 7) is 7.17. The fraction of sp³-hybridized carbons (Fsp3) is 0.263. The molecule has 0 radical (unpaired) electrons. The lowest BCUT2D eigenvalue weighted by Gasteiger charge is -2.09. The maximum Gasteiger partial charge on any atom is 0.119 e. The lowest BCUT2D eigenvalue weighted by Crippen LogP contribution is -1.97. The Balaban J connectivity index is 1.96. The largest absolute Gasteiger partial charge is 0.494 e. The summed E-state index contributed by atoms with van der Waals surface area (Å²) in [6, 6.07) is 18.4. The van der Waals surface area contributed by atoms with E-state index in [1.165, 1.54) is 12.8 Å². The van der Waals surface area contributed by atoms with Crippen molar-refractivity contribution in [2.24, 2.45) is 0 Å². The molecule has 0 fully saturated rings. The van der Waals surface area contributed by atoms with Gasteiger partial charge in [0, 0.05) is 0 Å². The summed E-state index contributed by atoms with van der Waals surface area (Å²) in [5, 5.41) is 0. The van der Waals surface area contributed by atoms with Crippen molar-refractivity contribution in [3.8, 4) is 5.75 Å². The molecule has 0 spiro atoms. The minimum atomic E-state index is 0.798. The van der Waals surface area contributed by atoms with Crippen LogP contribution < -0.4 is 4.74 Å². The fourth-order valence-electron chi connectivity index (χ4n) is 2.10. The molecule has 0 aliphatic rings. The lowest BCUT2D eigenvalue weighted by atomic mass is 10.00. The maximum absolute atomic E-state index is 5.72. The van der Waals surface area contributed by atoms with Crippen LogP contribution in [0.15, 0.2) is 61.2 Å². The van der Waals surface area contributed by atoms with Gasteiger partial charge in [-0.15, -0.1) is 0 Å². The molecule has 1 nitrogen and oxygen atoms in total. The molecular formula is C19H22O. The topological polar surface area (TPSA) is 9.23 Å². The molecule has 2 aromatic carbocycles. The third-order valence-corrected chi connectivity index (χ3v) is 3.34. The number of unbranched alkanes of at least 4 members (excludes halogenated alkanes) is 2. The minimum Gasteiger partial charge on any atom is -0.494 e. The fourth-order valence-corrected chi connectivity index (χ4v) is 2.10. The van der Waals surface area contributed by atoms with Crippen molar-refractivity contribution in [2.45, 2.75) is 26.2 Å². The predicted molar refractivity (Wildman–Crippen MR) is 86.0 cm³/mol. The average Bonchev–Trinajstić information content (AvgIpc) is 2.52. The van der Waals surface area contributed by atoms with Gasteiger partial charge in [0.2, 0.25) is 0 Å². The van der Waals surface area contributed by atoms with Gasteiger partial charge in [0.1, 0.15) is 5.75 Å². The molecule has 20 heavy (non-hydrogen) atoms. The summed E-state index contributed by atoms with van der Waals surface area (Å²) in [5.41, 5.74) is 3.34. The van der Waals surface area contributed by atoms with Gasteiger partial charge in [-0.3, -0.25) is 0 Å². The van der Waals surface area contributed by atoms with Gasteiger partial charge in [0.05, 0.1) is 6.61 Å². The third kappa shape index (κ3) is 3.99. The van der Waals surface area contributed by atoms with Crippen LogP contribution in [0.5, 0.6) is 5.75 Å². The molecule has 0 aromatic heterocycles. The Bertz CT molecular complexity index is 525. The van der Waals surface area contributed by atoms with E-state index < -0.39 is 0 Å². The molecule has 0 aliphatic carbocycles. The Labute approximate surface area is 121 Å². The lowest BCUT2D eigenvalue weighted by molar-refractivity contribution is 0.306. The molecule has 0 saturated heterocycles. The number of ether oxygens (including phenoxy) is 1. The van der Waals surface area contributed by atoms with E-state index in [9.17, 15) is 0 Å². The third-order valence-electron chi connectivity index (χ3n) is 3.34. The molecule has 0 bridgehead atoms. The summed E-state index contributed by atoms with van der Waals surface area (Å²) >= 11 is 0. The molecule has 0 saturated carbocycles. The van der Waals surface area contributed by atoms with Crippen molar-refractivity contribution >= 4 is 5.57 Å². The van der Waals surface area contributed by atoms with Crippen molar-refractivity contribution < 1.29 is 4.74 Å². The Kier molecular flexibility index (Phi) is 5.43. The minimum absolute atomic E-state index is 0.798. The Morgan fingerprint density at radius 3 is 2.20 bits per heavy atom. The van der Waals surface area contributed by atoms with Gasteiger partial charge in [0.25, 0.3) is 0 Å². The van der Waals surface area contributed by atoms with E-state index in [4.69, 9.17) is 4.74 Å². The zero-order valence-corrected chi connectivity index (χ0v) is 12.1. The summed E-state index contributed by atoms with van der Waals surface area (Å²) in [6.07, 6.45) is 3.57. The van der Waals surface area contributed by atoms with Gasteiger partial charge >= 0.3 is 0 Å². The molecule has 0 atom stereocenters. The first-order chi connectivity index (χ1) is 9.81. The van der Waals surface area contributed by atoms with E-state index in [1.54, 1.807) is 0 Å². The molecule has 0 amide bonds. The van der Waals surface area contributed by atoms with E-state index >= 15 is 0 Å². The monoisotopic (exact) mass is 266 g/mol. The standard InChI is InChI=1S/C19H22O/c1-3-4-8-15-20-19-13-11-18(12-14-19)16(2)17-9-6-5-7-10-17/h5-7,9-14H,2-4,8,15H2,1H3. The van der Waals surface area contributed by atoms with Crippen molar-refractivity contribution in [2.75, 3.05) is 6.61 Å². The summed E-state index contributed by atoms with van der Waals surface area (Å²) in [5.74, 6) is 0.936. The maximum atomic E-state index is 5.72. The summed E-state index contributed by atoms with van der Waals surface area (Å²) in [4.78, 5) is 0. The highest BCUT2D eigenvalue weighted by Gasteiger charge is 2.02. The molecule has 0 heterocycles. The van der Waals surface area contributed by atoms with Crippen molar-refractivity contribution in [3.63, 3.8) is 0 Å². The summed E-state index contributed by atoms with van der Waals surface area (Å²) in [7, 11) is 0. The van der Waals surface area contributed by atoms with Gasteiger partial charge in [0.15, 0.2) is 0 Å². The molecule has 2 rings (SSSR count). The highest BCUT2D eigenvalue weighted by Crippen LogP contribution is 2.23. The van der Waals surface area contributed by atoms with Crippen LogP contribution in [-0.2, 0) is 0 Å². The van der Waals surface area contributed by atoms with E-state index in [1.807, 2.05) is 30.3 Å². The summed E-state index contributed by atoms with van der Waals surface area (Å²) < 4.78 is 5.72. The molecule has 0 unspecified atom stereocenters. The second-order valence-corrected chi connectivity index (χ2v) is 4.92. The number of hydrogen-bond donors (Lipinski definition) is 0. The van der Waals surface area contributed by atoms with Crippen LogP contribution in [0.25, 0.3) is 5.57 Å². The highest BCUT2D eigenvalue weighted by atomic mass is 16.5. The van der Waals surface area contributed by atoms with Gasteiger partial charge in [-0.25, -0.2) is 0 Å². The first kappa shape index (κ1) is 14.4. The molecule has 104 valence electrons. The van der Waals surface area contributed by atoms with Crippen molar-refractivity contribution in [1.29, 1.82) is 0 Å². The van der Waals surface area contributed by atoms with Gasteiger partial charge in [-0.1, -0.05) is 68.8 Å². The van der Waals surface area contributed by atoms with E-state index in [0.29, 0.717) is 0 Å². The quantitative estimate of drug-likeness (QED) is 0.616.